The Morgan fingerprint density at radius 1 is 1.50 bits per heavy atom. The van der Waals surface area contributed by atoms with Crippen LogP contribution in [0.25, 0.3) is 0 Å². The molecule has 0 aromatic carbocycles. The van der Waals surface area contributed by atoms with Crippen molar-refractivity contribution in [3.63, 3.8) is 0 Å². The Balaban J connectivity index is 3.85. The van der Waals surface area contributed by atoms with E-state index < -0.39 is 0 Å². The summed E-state index contributed by atoms with van der Waals surface area (Å²) < 4.78 is 0. The van der Waals surface area contributed by atoms with Gasteiger partial charge in [-0.2, -0.15) is 0 Å². The lowest BCUT2D eigenvalue weighted by atomic mass is 10.6. The van der Waals surface area contributed by atoms with E-state index in [1.165, 1.54) is 0 Å². The zero-order chi connectivity index (χ0) is 7.98. The Morgan fingerprint density at radius 3 is 2.40 bits per heavy atom. The molecule has 3 heteroatoms. The number of hydrogen-bond acceptors (Lipinski definition) is 2. The minimum Gasteiger partial charge on any atom is -0.425 e. The third-order valence-electron chi connectivity index (χ3n) is 1.18. The van der Waals surface area contributed by atoms with Crippen LogP contribution in [0.4, 0.5) is 0 Å². The SMILES string of the molecule is CC(C)/[P+](=C/CO)[CH-]CO. The number of hydrogen-bond donors (Lipinski definition) is 2. The third-order valence-corrected chi connectivity index (χ3v) is 3.54. The topological polar surface area (TPSA) is 40.5 Å². The van der Waals surface area contributed by atoms with E-state index in [-0.39, 0.29) is 20.8 Å². The lowest BCUT2D eigenvalue weighted by Crippen LogP contribution is -1.94. The maximum absolute atomic E-state index is 8.57. The van der Waals surface area contributed by atoms with Crippen molar-refractivity contribution >= 4 is 13.3 Å². The zero-order valence-electron chi connectivity index (χ0n) is 6.49. The first-order valence-electron chi connectivity index (χ1n) is 3.38. The molecule has 1 unspecified atom stereocenters. The van der Waals surface area contributed by atoms with E-state index in [9.17, 15) is 0 Å². The first kappa shape index (κ1) is 10.1. The maximum atomic E-state index is 8.57. The molecule has 0 aromatic heterocycles. The van der Waals surface area contributed by atoms with Gasteiger partial charge in [0.25, 0.3) is 0 Å². The summed E-state index contributed by atoms with van der Waals surface area (Å²) in [6, 6.07) is 0. The molecule has 0 rings (SSSR count). The average molecular weight is 162 g/mol. The molecular formula is C7H15O2P. The van der Waals surface area contributed by atoms with Crippen LogP contribution in [0, 0.1) is 6.16 Å². The molecule has 0 radical (unpaired) electrons. The van der Waals surface area contributed by atoms with Gasteiger partial charge in [0.1, 0.15) is 0 Å². The van der Waals surface area contributed by atoms with Gasteiger partial charge in [0.2, 0.25) is 0 Å². The fourth-order valence-electron chi connectivity index (χ4n) is 0.685. The summed E-state index contributed by atoms with van der Waals surface area (Å²) in [5.74, 6) is 1.86. The monoisotopic (exact) mass is 162 g/mol. The van der Waals surface area contributed by atoms with E-state index in [4.69, 9.17) is 10.2 Å². The van der Waals surface area contributed by atoms with E-state index in [0.717, 1.165) is 0 Å². The maximum Gasteiger partial charge on any atom is 0.0974 e. The Bertz CT molecular complexity index is 110. The second kappa shape index (κ2) is 5.84. The minimum absolute atomic E-state index is 0.111. The summed E-state index contributed by atoms with van der Waals surface area (Å²) >= 11 is 0. The van der Waals surface area contributed by atoms with Gasteiger partial charge in [0, 0.05) is 0 Å². The van der Waals surface area contributed by atoms with Crippen LogP contribution in [0.15, 0.2) is 0 Å². The van der Waals surface area contributed by atoms with Crippen LogP contribution in [-0.2, 0) is 0 Å². The minimum atomic E-state index is -0.370. The summed E-state index contributed by atoms with van der Waals surface area (Å²) in [6.07, 6.45) is 1.86. The van der Waals surface area contributed by atoms with Crippen LogP contribution in [0.2, 0.25) is 0 Å². The third kappa shape index (κ3) is 3.99. The predicted octanol–water partition coefficient (Wildman–Crippen LogP) is 0.825. The highest BCUT2D eigenvalue weighted by Gasteiger charge is 2.03. The van der Waals surface area contributed by atoms with Gasteiger partial charge in [-0.05, 0) is 20.5 Å². The largest absolute Gasteiger partial charge is 0.425 e. The molecule has 2 nitrogen and oxygen atoms in total. The highest BCUT2D eigenvalue weighted by molar-refractivity contribution is 7.60. The van der Waals surface area contributed by atoms with Crippen molar-refractivity contribution in [2.75, 3.05) is 13.2 Å². The first-order chi connectivity index (χ1) is 4.72. The van der Waals surface area contributed by atoms with Crippen LogP contribution in [0.5, 0.6) is 0 Å². The van der Waals surface area contributed by atoms with E-state index >= 15 is 0 Å². The van der Waals surface area contributed by atoms with Crippen LogP contribution in [0.3, 0.4) is 0 Å². The molecule has 0 aliphatic rings. The molecule has 0 aliphatic carbocycles. The Labute approximate surface area is 63.3 Å². The Kier molecular flexibility index (Phi) is 5.90. The number of aliphatic hydroxyl groups is 2. The first-order valence-corrected chi connectivity index (χ1v) is 4.93. The zero-order valence-corrected chi connectivity index (χ0v) is 7.38. The van der Waals surface area contributed by atoms with E-state index in [0.29, 0.717) is 5.66 Å². The number of rotatable bonds is 4. The van der Waals surface area contributed by atoms with Gasteiger partial charge in [0.15, 0.2) is 0 Å². The summed E-state index contributed by atoms with van der Waals surface area (Å²) in [7, 11) is -0.370. The molecule has 0 bridgehead atoms. The number of aliphatic hydroxyl groups excluding tert-OH is 2. The smallest absolute Gasteiger partial charge is 0.0974 e. The normalized spacial score (nSPS) is 12.7. The molecule has 2 N–H and O–H groups in total. The van der Waals surface area contributed by atoms with Crippen LogP contribution < -0.4 is 0 Å². The lowest BCUT2D eigenvalue weighted by Gasteiger charge is -2.06. The molecule has 60 valence electrons. The highest BCUT2D eigenvalue weighted by atomic mass is 31.1. The molecule has 0 aliphatic heterocycles. The highest BCUT2D eigenvalue weighted by Crippen LogP contribution is 2.31. The van der Waals surface area contributed by atoms with E-state index in [1.807, 2.05) is 12.0 Å². The Morgan fingerprint density at radius 2 is 2.10 bits per heavy atom. The van der Waals surface area contributed by atoms with Gasteiger partial charge in [-0.1, -0.05) is 13.7 Å². The molecule has 0 heterocycles. The lowest BCUT2D eigenvalue weighted by molar-refractivity contribution is 0.336. The van der Waals surface area contributed by atoms with Gasteiger partial charge in [-0.15, -0.1) is 0 Å². The van der Waals surface area contributed by atoms with E-state index in [2.05, 4.69) is 13.8 Å². The van der Waals surface area contributed by atoms with Gasteiger partial charge in [-0.3, -0.25) is 0 Å². The second-order valence-corrected chi connectivity index (χ2v) is 4.93. The summed E-state index contributed by atoms with van der Waals surface area (Å²) in [6.45, 7) is 4.40. The molecule has 0 saturated heterocycles. The van der Waals surface area contributed by atoms with Crippen LogP contribution >= 0.6 is 7.55 Å². The van der Waals surface area contributed by atoms with Crippen molar-refractivity contribution < 1.29 is 10.2 Å². The molecule has 1 atom stereocenters. The fourth-order valence-corrected chi connectivity index (χ4v) is 2.05. The fraction of sp³-hybridized carbons (Fsp3) is 0.714. The van der Waals surface area contributed by atoms with E-state index in [1.54, 1.807) is 0 Å². The van der Waals surface area contributed by atoms with Crippen molar-refractivity contribution in [2.24, 2.45) is 0 Å². The molecule has 0 aromatic rings. The van der Waals surface area contributed by atoms with Crippen molar-refractivity contribution in [1.29, 1.82) is 0 Å². The molecule has 0 amide bonds. The molecule has 0 fully saturated rings. The standard InChI is InChI=1S/C7H15O2P/c1-7(2)10(5-3-8)6-4-9/h5-9H,3-4H2,1-2H3. The quantitative estimate of drug-likeness (QED) is 0.474. The summed E-state index contributed by atoms with van der Waals surface area (Å²) in [5, 5.41) is 17.1. The van der Waals surface area contributed by atoms with Gasteiger partial charge in [-0.25, -0.2) is 0 Å². The Hall–Kier alpha value is 0.0900. The van der Waals surface area contributed by atoms with Crippen LogP contribution in [0.1, 0.15) is 13.8 Å². The molecule has 0 spiro atoms. The predicted molar refractivity (Wildman–Crippen MR) is 46.6 cm³/mol. The molecule has 0 saturated carbocycles. The van der Waals surface area contributed by atoms with Crippen molar-refractivity contribution in [3.05, 3.63) is 6.16 Å². The van der Waals surface area contributed by atoms with Gasteiger partial charge in [0.05, 0.1) is 18.1 Å². The van der Waals surface area contributed by atoms with Crippen molar-refractivity contribution in [3.8, 4) is 0 Å². The summed E-state index contributed by atoms with van der Waals surface area (Å²) in [4.78, 5) is 0. The summed E-state index contributed by atoms with van der Waals surface area (Å²) in [5.41, 5.74) is 0.522. The molecular weight excluding hydrogens is 147 g/mol. The van der Waals surface area contributed by atoms with Gasteiger partial charge < -0.3 is 10.2 Å². The van der Waals surface area contributed by atoms with Crippen molar-refractivity contribution in [2.45, 2.75) is 19.5 Å². The van der Waals surface area contributed by atoms with Gasteiger partial charge >= 0.3 is 0 Å². The average Bonchev–Trinajstić information content (AvgIpc) is 1.87. The second-order valence-electron chi connectivity index (χ2n) is 2.27. The van der Waals surface area contributed by atoms with Crippen molar-refractivity contribution in [1.82, 2.24) is 0 Å². The van der Waals surface area contributed by atoms with Crippen LogP contribution in [-0.4, -0.2) is 34.9 Å². The molecule has 10 heavy (non-hydrogen) atoms.